The zero-order valence-corrected chi connectivity index (χ0v) is 11.8. The molecule has 2 N–H and O–H groups in total. The Bertz CT molecular complexity index is 476. The van der Waals surface area contributed by atoms with E-state index in [0.717, 1.165) is 6.42 Å². The van der Waals surface area contributed by atoms with Crippen molar-refractivity contribution in [3.63, 3.8) is 0 Å². The molecule has 0 bridgehead atoms. The van der Waals surface area contributed by atoms with Crippen LogP contribution in [0.5, 0.6) is 0 Å². The molecule has 1 heterocycles. The van der Waals surface area contributed by atoms with Crippen molar-refractivity contribution in [2.75, 3.05) is 12.8 Å². The van der Waals surface area contributed by atoms with E-state index in [1.54, 1.807) is 11.8 Å². The van der Waals surface area contributed by atoms with Crippen LogP contribution in [0.3, 0.4) is 0 Å². The van der Waals surface area contributed by atoms with Crippen LogP contribution in [0.1, 0.15) is 18.4 Å². The molecular formula is C14H18N2O2S. The fourth-order valence-electron chi connectivity index (χ4n) is 2.16. The van der Waals surface area contributed by atoms with Gasteiger partial charge in [-0.3, -0.25) is 9.59 Å². The summed E-state index contributed by atoms with van der Waals surface area (Å²) in [5.74, 6) is -0.111. The minimum atomic E-state index is -0.344. The highest BCUT2D eigenvalue weighted by molar-refractivity contribution is 7.98. The Hall–Kier alpha value is -1.49. The van der Waals surface area contributed by atoms with Crippen LogP contribution < -0.4 is 10.6 Å². The summed E-state index contributed by atoms with van der Waals surface area (Å²) in [4.78, 5) is 24.1. The zero-order valence-electron chi connectivity index (χ0n) is 10.9. The standard InChI is InChI=1S/C14H18N2O2S/c1-19-12-5-3-2-4-10(12)8-9-15-14(18)11-6-7-13(17)16-11/h2-5,11H,6-9H2,1H3,(H,15,18)(H,16,17). The first-order valence-electron chi connectivity index (χ1n) is 6.39. The van der Waals surface area contributed by atoms with Gasteiger partial charge >= 0.3 is 0 Å². The van der Waals surface area contributed by atoms with Gasteiger partial charge in [0.15, 0.2) is 0 Å². The minimum Gasteiger partial charge on any atom is -0.354 e. The van der Waals surface area contributed by atoms with E-state index in [1.807, 2.05) is 18.4 Å². The SMILES string of the molecule is CSc1ccccc1CCNC(=O)C1CCC(=O)N1. The first-order valence-corrected chi connectivity index (χ1v) is 7.62. The van der Waals surface area contributed by atoms with E-state index >= 15 is 0 Å². The smallest absolute Gasteiger partial charge is 0.242 e. The number of amides is 2. The average Bonchev–Trinajstić information content (AvgIpc) is 2.86. The van der Waals surface area contributed by atoms with Crippen LogP contribution in [0.15, 0.2) is 29.2 Å². The van der Waals surface area contributed by atoms with Gasteiger partial charge in [0.05, 0.1) is 0 Å². The van der Waals surface area contributed by atoms with Crippen molar-refractivity contribution in [2.24, 2.45) is 0 Å². The summed E-state index contributed by atoms with van der Waals surface area (Å²) in [6, 6.07) is 7.84. The maximum absolute atomic E-state index is 11.8. The van der Waals surface area contributed by atoms with Crippen molar-refractivity contribution >= 4 is 23.6 Å². The topological polar surface area (TPSA) is 58.2 Å². The summed E-state index contributed by atoms with van der Waals surface area (Å²) in [5, 5.41) is 5.55. The number of hydrogen-bond donors (Lipinski definition) is 2. The molecular weight excluding hydrogens is 260 g/mol. The van der Waals surface area contributed by atoms with Crippen LogP contribution in [0.2, 0.25) is 0 Å². The third-order valence-electron chi connectivity index (χ3n) is 3.20. The van der Waals surface area contributed by atoms with Gasteiger partial charge in [0.2, 0.25) is 11.8 Å². The van der Waals surface area contributed by atoms with Crippen molar-refractivity contribution in [1.29, 1.82) is 0 Å². The molecule has 4 nitrogen and oxygen atoms in total. The van der Waals surface area contributed by atoms with Crippen molar-refractivity contribution in [3.8, 4) is 0 Å². The molecule has 1 aliphatic heterocycles. The molecule has 19 heavy (non-hydrogen) atoms. The number of rotatable bonds is 5. The summed E-state index contributed by atoms with van der Waals surface area (Å²) in [5.41, 5.74) is 1.24. The second-order valence-corrected chi connectivity index (χ2v) is 5.36. The molecule has 1 aliphatic rings. The molecule has 102 valence electrons. The van der Waals surface area contributed by atoms with Crippen LogP contribution >= 0.6 is 11.8 Å². The van der Waals surface area contributed by atoms with E-state index < -0.39 is 0 Å². The predicted molar refractivity (Wildman–Crippen MR) is 76.1 cm³/mol. The number of nitrogens with one attached hydrogen (secondary N) is 2. The Kier molecular flexibility index (Phi) is 4.85. The number of benzene rings is 1. The van der Waals surface area contributed by atoms with Crippen LogP contribution in [0.4, 0.5) is 0 Å². The Morgan fingerprint density at radius 3 is 2.95 bits per heavy atom. The number of carbonyl (C=O) groups excluding carboxylic acids is 2. The summed E-state index contributed by atoms with van der Waals surface area (Å²) in [6.45, 7) is 0.600. The van der Waals surface area contributed by atoms with Gasteiger partial charge in [-0.2, -0.15) is 0 Å². The quantitative estimate of drug-likeness (QED) is 0.799. The van der Waals surface area contributed by atoms with Gasteiger partial charge in [-0.25, -0.2) is 0 Å². The number of carbonyl (C=O) groups is 2. The van der Waals surface area contributed by atoms with E-state index in [1.165, 1.54) is 10.5 Å². The van der Waals surface area contributed by atoms with Gasteiger partial charge < -0.3 is 10.6 Å². The number of thioether (sulfide) groups is 1. The van der Waals surface area contributed by atoms with Crippen LogP contribution in [-0.2, 0) is 16.0 Å². The molecule has 1 unspecified atom stereocenters. The first-order chi connectivity index (χ1) is 9.20. The van der Waals surface area contributed by atoms with E-state index in [2.05, 4.69) is 22.8 Å². The largest absolute Gasteiger partial charge is 0.354 e. The van der Waals surface area contributed by atoms with Gasteiger partial charge in [0, 0.05) is 17.9 Å². The minimum absolute atomic E-state index is 0.0344. The lowest BCUT2D eigenvalue weighted by molar-refractivity contribution is -0.125. The van der Waals surface area contributed by atoms with Crippen LogP contribution in [0.25, 0.3) is 0 Å². The molecule has 0 aliphatic carbocycles. The van der Waals surface area contributed by atoms with E-state index in [4.69, 9.17) is 0 Å². The Balaban J connectivity index is 1.80. The third-order valence-corrected chi connectivity index (χ3v) is 4.04. The van der Waals surface area contributed by atoms with Gasteiger partial charge in [0.1, 0.15) is 6.04 Å². The van der Waals surface area contributed by atoms with E-state index in [9.17, 15) is 9.59 Å². The first kappa shape index (κ1) is 13.9. The maximum atomic E-state index is 11.8. The fourth-order valence-corrected chi connectivity index (χ4v) is 2.81. The second kappa shape index (κ2) is 6.61. The van der Waals surface area contributed by atoms with E-state index in [0.29, 0.717) is 19.4 Å². The van der Waals surface area contributed by atoms with E-state index in [-0.39, 0.29) is 17.9 Å². The summed E-state index contributed by atoms with van der Waals surface area (Å²) in [6.07, 6.45) is 3.91. The van der Waals surface area contributed by atoms with Crippen molar-refractivity contribution in [1.82, 2.24) is 10.6 Å². The van der Waals surface area contributed by atoms with Crippen LogP contribution in [0, 0.1) is 0 Å². The maximum Gasteiger partial charge on any atom is 0.242 e. The highest BCUT2D eigenvalue weighted by atomic mass is 32.2. The fraction of sp³-hybridized carbons (Fsp3) is 0.429. The molecule has 0 radical (unpaired) electrons. The molecule has 1 fully saturated rings. The molecule has 1 aromatic carbocycles. The summed E-state index contributed by atoms with van der Waals surface area (Å²) in [7, 11) is 0. The third kappa shape index (κ3) is 3.73. The lowest BCUT2D eigenvalue weighted by Crippen LogP contribution is -2.42. The Morgan fingerprint density at radius 1 is 1.47 bits per heavy atom. The average molecular weight is 278 g/mol. The van der Waals surface area contributed by atoms with Gasteiger partial charge in [-0.1, -0.05) is 18.2 Å². The van der Waals surface area contributed by atoms with Crippen LogP contribution in [-0.4, -0.2) is 30.7 Å². The molecule has 0 aromatic heterocycles. The van der Waals surface area contributed by atoms with Crippen molar-refractivity contribution in [3.05, 3.63) is 29.8 Å². The van der Waals surface area contributed by atoms with Gasteiger partial charge in [0.25, 0.3) is 0 Å². The van der Waals surface area contributed by atoms with Gasteiger partial charge in [-0.15, -0.1) is 11.8 Å². The van der Waals surface area contributed by atoms with Gasteiger partial charge in [-0.05, 0) is 30.7 Å². The molecule has 1 saturated heterocycles. The second-order valence-electron chi connectivity index (χ2n) is 4.51. The van der Waals surface area contributed by atoms with Crippen molar-refractivity contribution < 1.29 is 9.59 Å². The normalized spacial score (nSPS) is 18.2. The lowest BCUT2D eigenvalue weighted by atomic mass is 10.1. The highest BCUT2D eigenvalue weighted by Crippen LogP contribution is 2.19. The number of hydrogen-bond acceptors (Lipinski definition) is 3. The lowest BCUT2D eigenvalue weighted by Gasteiger charge is -2.12. The Morgan fingerprint density at radius 2 is 2.26 bits per heavy atom. The molecule has 1 aromatic rings. The molecule has 0 saturated carbocycles. The van der Waals surface area contributed by atoms with Crippen molar-refractivity contribution in [2.45, 2.75) is 30.2 Å². The molecule has 0 spiro atoms. The summed E-state index contributed by atoms with van der Waals surface area (Å²) < 4.78 is 0. The molecule has 2 amide bonds. The molecule has 5 heteroatoms. The monoisotopic (exact) mass is 278 g/mol. The Labute approximate surface area is 117 Å². The molecule has 2 rings (SSSR count). The molecule has 1 atom stereocenters. The predicted octanol–water partition coefficient (Wildman–Crippen LogP) is 1.35. The summed E-state index contributed by atoms with van der Waals surface area (Å²) >= 11 is 1.71. The zero-order chi connectivity index (χ0) is 13.7. The highest BCUT2D eigenvalue weighted by Gasteiger charge is 2.26.